The van der Waals surface area contributed by atoms with E-state index in [1.807, 2.05) is 49.4 Å². The molecule has 4 aromatic rings. The molecule has 0 aliphatic carbocycles. The van der Waals surface area contributed by atoms with Crippen molar-refractivity contribution in [3.05, 3.63) is 83.6 Å². The van der Waals surface area contributed by atoms with Crippen molar-refractivity contribution in [2.75, 3.05) is 13.4 Å². The number of benzene rings is 3. The summed E-state index contributed by atoms with van der Waals surface area (Å²) in [6.07, 6.45) is -0.0358. The van der Waals surface area contributed by atoms with Crippen LogP contribution in [0.15, 0.2) is 71.6 Å². The number of para-hydroxylation sites is 1. The quantitative estimate of drug-likeness (QED) is 0.281. The number of aromatic nitrogens is 1. The van der Waals surface area contributed by atoms with Crippen LogP contribution < -0.4 is 18.9 Å². The van der Waals surface area contributed by atoms with Gasteiger partial charge in [0.05, 0.1) is 4.90 Å². The van der Waals surface area contributed by atoms with Crippen molar-refractivity contribution in [2.45, 2.75) is 37.8 Å². The van der Waals surface area contributed by atoms with E-state index in [0.717, 1.165) is 27.7 Å². The van der Waals surface area contributed by atoms with Crippen LogP contribution in [0.25, 0.3) is 10.9 Å². The predicted octanol–water partition coefficient (Wildman–Crippen LogP) is 4.10. The first-order valence-electron chi connectivity index (χ1n) is 12.6. The highest BCUT2D eigenvalue weighted by atomic mass is 32.2. The number of carboxylic acids is 1. The Labute approximate surface area is 232 Å². The summed E-state index contributed by atoms with van der Waals surface area (Å²) in [6.45, 7) is 4.50. The first kappa shape index (κ1) is 27.1. The molecule has 1 aromatic heterocycles. The lowest BCUT2D eigenvalue weighted by atomic mass is 10.0. The Hall–Kier alpha value is -4.46. The van der Waals surface area contributed by atoms with Gasteiger partial charge in [0.2, 0.25) is 16.8 Å². The van der Waals surface area contributed by atoms with Gasteiger partial charge in [-0.2, -0.15) is 4.72 Å². The summed E-state index contributed by atoms with van der Waals surface area (Å²) >= 11 is 0. The number of aliphatic carboxylic acids is 1. The lowest BCUT2D eigenvalue weighted by Crippen LogP contribution is -2.42. The van der Waals surface area contributed by atoms with Gasteiger partial charge in [-0.05, 0) is 67.4 Å². The SMILES string of the molecule is CC#CCOc1ccc(S(=O)(=O)N[C@@H](Cc2c(C)n(Cc3ccc4c(c3)OCO4)c3ccccc23)C(=O)O)cc1. The molecule has 0 spiro atoms. The molecular formula is C30H28N2O7S. The van der Waals surface area contributed by atoms with Crippen molar-refractivity contribution in [1.29, 1.82) is 0 Å². The molecule has 0 saturated heterocycles. The molecule has 10 heteroatoms. The number of fused-ring (bicyclic) bond motifs is 2. The van der Waals surface area contributed by atoms with E-state index in [2.05, 4.69) is 21.1 Å². The van der Waals surface area contributed by atoms with Gasteiger partial charge in [0, 0.05) is 29.6 Å². The van der Waals surface area contributed by atoms with Gasteiger partial charge in [-0.15, -0.1) is 5.92 Å². The average molecular weight is 561 g/mol. The average Bonchev–Trinajstić information content (AvgIpc) is 3.51. The fourth-order valence-electron chi connectivity index (χ4n) is 4.73. The predicted molar refractivity (Wildman–Crippen MR) is 149 cm³/mol. The monoisotopic (exact) mass is 560 g/mol. The fraction of sp³-hybridized carbons (Fsp3) is 0.233. The van der Waals surface area contributed by atoms with E-state index in [1.54, 1.807) is 6.92 Å². The Morgan fingerprint density at radius 2 is 1.85 bits per heavy atom. The molecule has 2 heterocycles. The van der Waals surface area contributed by atoms with Gasteiger partial charge in [0.25, 0.3) is 0 Å². The zero-order valence-electron chi connectivity index (χ0n) is 22.0. The fourth-order valence-corrected chi connectivity index (χ4v) is 5.92. The Balaban J connectivity index is 1.41. The van der Waals surface area contributed by atoms with E-state index in [4.69, 9.17) is 14.2 Å². The highest BCUT2D eigenvalue weighted by Gasteiger charge is 2.28. The Morgan fingerprint density at radius 3 is 2.60 bits per heavy atom. The molecule has 1 atom stereocenters. The van der Waals surface area contributed by atoms with Crippen LogP contribution in [0.3, 0.4) is 0 Å². The summed E-state index contributed by atoms with van der Waals surface area (Å²) in [7, 11) is -4.13. The molecule has 0 unspecified atom stereocenters. The molecule has 1 aliphatic heterocycles. The zero-order chi connectivity index (χ0) is 28.3. The lowest BCUT2D eigenvalue weighted by Gasteiger charge is -2.16. The molecule has 5 rings (SSSR count). The highest BCUT2D eigenvalue weighted by molar-refractivity contribution is 7.89. The molecule has 206 valence electrons. The van der Waals surface area contributed by atoms with E-state index >= 15 is 0 Å². The minimum Gasteiger partial charge on any atom is -0.481 e. The van der Waals surface area contributed by atoms with Crippen LogP contribution in [0.4, 0.5) is 0 Å². The van der Waals surface area contributed by atoms with Crippen LogP contribution in [0, 0.1) is 18.8 Å². The van der Waals surface area contributed by atoms with E-state index in [9.17, 15) is 18.3 Å². The second-order valence-corrected chi connectivity index (χ2v) is 11.0. The van der Waals surface area contributed by atoms with Crippen molar-refractivity contribution in [1.82, 2.24) is 9.29 Å². The molecule has 9 nitrogen and oxygen atoms in total. The van der Waals surface area contributed by atoms with Gasteiger partial charge in [0.1, 0.15) is 18.4 Å². The third kappa shape index (κ3) is 5.61. The molecule has 40 heavy (non-hydrogen) atoms. The number of nitrogens with one attached hydrogen (secondary N) is 1. The second-order valence-electron chi connectivity index (χ2n) is 9.26. The molecule has 0 bridgehead atoms. The van der Waals surface area contributed by atoms with E-state index in [-0.39, 0.29) is 24.7 Å². The normalized spacial score (nSPS) is 13.1. The number of carboxylic acid groups (broad SMARTS) is 1. The third-order valence-electron chi connectivity index (χ3n) is 6.76. The van der Waals surface area contributed by atoms with Gasteiger partial charge >= 0.3 is 5.97 Å². The largest absolute Gasteiger partial charge is 0.481 e. The summed E-state index contributed by atoms with van der Waals surface area (Å²) in [5.74, 6) is 6.05. The van der Waals surface area contributed by atoms with Crippen LogP contribution in [0.5, 0.6) is 17.2 Å². The first-order chi connectivity index (χ1) is 19.3. The lowest BCUT2D eigenvalue weighted by molar-refractivity contribution is -0.138. The number of ether oxygens (including phenoxy) is 3. The summed E-state index contributed by atoms with van der Waals surface area (Å²) in [5.41, 5.74) is 3.51. The van der Waals surface area contributed by atoms with Crippen molar-refractivity contribution in [2.24, 2.45) is 0 Å². The van der Waals surface area contributed by atoms with Gasteiger partial charge in [-0.1, -0.05) is 30.2 Å². The van der Waals surface area contributed by atoms with Crippen LogP contribution >= 0.6 is 0 Å². The van der Waals surface area contributed by atoms with Gasteiger partial charge < -0.3 is 23.9 Å². The minimum absolute atomic E-state index is 0.0358. The Morgan fingerprint density at radius 1 is 1.10 bits per heavy atom. The number of hydrogen-bond acceptors (Lipinski definition) is 6. The maximum Gasteiger partial charge on any atom is 0.322 e. The molecule has 0 saturated carbocycles. The van der Waals surface area contributed by atoms with E-state index in [1.165, 1.54) is 24.3 Å². The molecule has 0 amide bonds. The summed E-state index contributed by atoms with van der Waals surface area (Å²) in [4.78, 5) is 12.2. The van der Waals surface area contributed by atoms with Crippen LogP contribution in [-0.4, -0.2) is 43.5 Å². The van der Waals surface area contributed by atoms with E-state index in [0.29, 0.717) is 23.8 Å². The van der Waals surface area contributed by atoms with Crippen molar-refractivity contribution < 1.29 is 32.5 Å². The highest BCUT2D eigenvalue weighted by Crippen LogP contribution is 2.34. The second kappa shape index (κ2) is 11.3. The molecule has 2 N–H and O–H groups in total. The van der Waals surface area contributed by atoms with Crippen LogP contribution in [0.1, 0.15) is 23.7 Å². The Bertz CT molecular complexity index is 1730. The van der Waals surface area contributed by atoms with Crippen LogP contribution in [-0.2, 0) is 27.8 Å². The van der Waals surface area contributed by atoms with Crippen LogP contribution in [0.2, 0.25) is 0 Å². The summed E-state index contributed by atoms with van der Waals surface area (Å²) in [6, 6.07) is 17.8. The van der Waals surface area contributed by atoms with Gasteiger partial charge in [0.15, 0.2) is 11.5 Å². The van der Waals surface area contributed by atoms with Gasteiger partial charge in [-0.3, -0.25) is 4.79 Å². The molecule has 0 fully saturated rings. The first-order valence-corrected chi connectivity index (χ1v) is 14.1. The number of carbonyl (C=O) groups is 1. The third-order valence-corrected chi connectivity index (χ3v) is 8.25. The maximum atomic E-state index is 13.1. The number of sulfonamides is 1. The van der Waals surface area contributed by atoms with E-state index < -0.39 is 22.0 Å². The smallest absolute Gasteiger partial charge is 0.322 e. The molecule has 3 aromatic carbocycles. The van der Waals surface area contributed by atoms with Gasteiger partial charge in [-0.25, -0.2) is 8.42 Å². The Kier molecular flexibility index (Phi) is 7.69. The summed E-state index contributed by atoms with van der Waals surface area (Å²) < 4.78 is 47.1. The number of hydrogen-bond donors (Lipinski definition) is 2. The number of nitrogens with zero attached hydrogens (tertiary/aromatic N) is 1. The maximum absolute atomic E-state index is 13.1. The van der Waals surface area contributed by atoms with Crippen molar-refractivity contribution in [3.63, 3.8) is 0 Å². The topological polar surface area (TPSA) is 116 Å². The minimum atomic E-state index is -4.13. The molecule has 0 radical (unpaired) electrons. The molecular weight excluding hydrogens is 532 g/mol. The standard InChI is InChI=1S/C30H28N2O7S/c1-3-4-15-37-22-10-12-23(13-11-22)40(35,36)31-26(30(33)34)17-25-20(2)32(27-8-6-5-7-24(25)27)18-21-9-14-28-29(16-21)39-19-38-28/h5-14,16,26,31H,15,17-19H2,1-2H3,(H,33,34)/t26-/m0/s1. The van der Waals surface area contributed by atoms with Crippen molar-refractivity contribution in [3.8, 4) is 29.1 Å². The number of rotatable bonds is 10. The molecule has 1 aliphatic rings. The zero-order valence-corrected chi connectivity index (χ0v) is 22.8. The van der Waals surface area contributed by atoms with Crippen molar-refractivity contribution >= 4 is 26.9 Å². The summed E-state index contributed by atoms with van der Waals surface area (Å²) in [5, 5.41) is 10.9.